The molecular formula is C22H14ClF6NO3S. The molecule has 1 aliphatic heterocycles. The minimum atomic E-state index is -4.75. The molecule has 0 radical (unpaired) electrons. The van der Waals surface area contributed by atoms with Crippen molar-refractivity contribution in [1.82, 2.24) is 0 Å². The highest BCUT2D eigenvalue weighted by molar-refractivity contribution is 7.92. The standard InChI is InChI=1S/C22H14ClF6NO3S/c23-17-9-14(8-16(11-17)22(27,28)29)13-4-5-20-19(10-13)30(6-7-33-20)34(31,32)18-3-1-2-15(12-18)21(24,25)26/h1-5,8-12H,6-7H2. The highest BCUT2D eigenvalue weighted by atomic mass is 35.5. The van der Waals surface area contributed by atoms with Gasteiger partial charge in [0.2, 0.25) is 0 Å². The fraction of sp³-hybridized carbons (Fsp3) is 0.182. The third-order valence-electron chi connectivity index (χ3n) is 5.09. The average Bonchev–Trinajstić information content (AvgIpc) is 2.76. The number of anilines is 1. The topological polar surface area (TPSA) is 46.6 Å². The Hall–Kier alpha value is -2.92. The summed E-state index contributed by atoms with van der Waals surface area (Å²) in [5.74, 6) is 0.114. The molecule has 1 heterocycles. The molecule has 0 bridgehead atoms. The maximum absolute atomic E-state index is 13.2. The van der Waals surface area contributed by atoms with Crippen LogP contribution in [0.25, 0.3) is 11.1 Å². The molecular weight excluding hydrogens is 508 g/mol. The largest absolute Gasteiger partial charge is 0.489 e. The molecule has 180 valence electrons. The summed E-state index contributed by atoms with van der Waals surface area (Å²) in [5.41, 5.74) is -1.85. The molecule has 0 fully saturated rings. The Labute approximate surface area is 195 Å². The number of nitrogens with zero attached hydrogens (tertiary/aromatic N) is 1. The normalized spacial score (nSPS) is 14.5. The average molecular weight is 522 g/mol. The lowest BCUT2D eigenvalue weighted by Gasteiger charge is -2.31. The van der Waals surface area contributed by atoms with Crippen molar-refractivity contribution >= 4 is 27.3 Å². The van der Waals surface area contributed by atoms with E-state index in [1.54, 1.807) is 0 Å². The molecule has 12 heteroatoms. The SMILES string of the molecule is O=S(=O)(c1cccc(C(F)(F)F)c1)N1CCOc2ccc(-c3cc(Cl)cc(C(F)(F)F)c3)cc21. The van der Waals surface area contributed by atoms with Gasteiger partial charge in [0, 0.05) is 5.02 Å². The molecule has 34 heavy (non-hydrogen) atoms. The van der Waals surface area contributed by atoms with Crippen LogP contribution in [0.1, 0.15) is 11.1 Å². The van der Waals surface area contributed by atoms with E-state index >= 15 is 0 Å². The number of rotatable bonds is 3. The zero-order chi connectivity index (χ0) is 24.9. The van der Waals surface area contributed by atoms with Gasteiger partial charge in [-0.1, -0.05) is 23.7 Å². The van der Waals surface area contributed by atoms with Crippen LogP contribution in [-0.2, 0) is 22.4 Å². The number of benzene rings is 3. The molecule has 0 unspecified atom stereocenters. The lowest BCUT2D eigenvalue weighted by Crippen LogP contribution is -2.38. The van der Waals surface area contributed by atoms with Crippen molar-refractivity contribution in [2.75, 3.05) is 17.5 Å². The number of alkyl halides is 6. The highest BCUT2D eigenvalue weighted by Crippen LogP contribution is 2.41. The van der Waals surface area contributed by atoms with Crippen molar-refractivity contribution in [1.29, 1.82) is 0 Å². The lowest BCUT2D eigenvalue weighted by atomic mass is 10.0. The molecule has 0 amide bonds. The Kier molecular flexibility index (Phi) is 5.97. The number of hydrogen-bond acceptors (Lipinski definition) is 3. The van der Waals surface area contributed by atoms with E-state index in [1.165, 1.54) is 24.3 Å². The van der Waals surface area contributed by atoms with Crippen molar-refractivity contribution in [2.45, 2.75) is 17.2 Å². The van der Waals surface area contributed by atoms with Crippen LogP contribution in [0, 0.1) is 0 Å². The molecule has 0 aromatic heterocycles. The minimum absolute atomic E-state index is 0.0188. The first-order valence-electron chi connectivity index (χ1n) is 9.62. The third kappa shape index (κ3) is 4.67. The van der Waals surface area contributed by atoms with E-state index < -0.39 is 38.4 Å². The van der Waals surface area contributed by atoms with Crippen LogP contribution in [0.5, 0.6) is 5.75 Å². The maximum Gasteiger partial charge on any atom is 0.416 e. The second-order valence-corrected chi connectivity index (χ2v) is 9.66. The molecule has 0 atom stereocenters. The first kappa shape index (κ1) is 24.2. The molecule has 0 saturated heterocycles. The quantitative estimate of drug-likeness (QED) is 0.363. The molecule has 4 nitrogen and oxygen atoms in total. The van der Waals surface area contributed by atoms with E-state index in [0.29, 0.717) is 6.07 Å². The Morgan fingerprint density at radius 2 is 1.53 bits per heavy atom. The predicted octanol–water partition coefficient (Wildman–Crippen LogP) is 6.63. The zero-order valence-corrected chi connectivity index (χ0v) is 18.5. The van der Waals surface area contributed by atoms with E-state index in [9.17, 15) is 34.8 Å². The monoisotopic (exact) mass is 521 g/mol. The van der Waals surface area contributed by atoms with Crippen LogP contribution in [-0.4, -0.2) is 21.6 Å². The fourth-order valence-corrected chi connectivity index (χ4v) is 5.24. The second kappa shape index (κ2) is 8.38. The van der Waals surface area contributed by atoms with E-state index in [-0.39, 0.29) is 40.7 Å². The van der Waals surface area contributed by atoms with Gasteiger partial charge >= 0.3 is 12.4 Å². The molecule has 0 saturated carbocycles. The molecule has 0 spiro atoms. The van der Waals surface area contributed by atoms with Crippen molar-refractivity contribution in [3.8, 4) is 16.9 Å². The number of fused-ring (bicyclic) bond motifs is 1. The fourth-order valence-electron chi connectivity index (χ4n) is 3.50. The lowest BCUT2D eigenvalue weighted by molar-refractivity contribution is -0.138. The minimum Gasteiger partial charge on any atom is -0.489 e. The zero-order valence-electron chi connectivity index (χ0n) is 16.9. The summed E-state index contributed by atoms with van der Waals surface area (Å²) in [6, 6.07) is 10.3. The van der Waals surface area contributed by atoms with Crippen molar-refractivity contribution in [3.05, 3.63) is 76.8 Å². The van der Waals surface area contributed by atoms with E-state index in [4.69, 9.17) is 16.3 Å². The van der Waals surface area contributed by atoms with Gasteiger partial charge in [0.25, 0.3) is 10.0 Å². The number of sulfonamides is 1. The number of halogens is 7. The first-order valence-corrected chi connectivity index (χ1v) is 11.4. The molecule has 0 N–H and O–H groups in total. The van der Waals surface area contributed by atoms with Gasteiger partial charge in [-0.15, -0.1) is 0 Å². The summed E-state index contributed by atoms with van der Waals surface area (Å²) in [6.07, 6.45) is -9.40. The summed E-state index contributed by atoms with van der Waals surface area (Å²) in [7, 11) is -4.45. The van der Waals surface area contributed by atoms with Gasteiger partial charge in [0.05, 0.1) is 28.3 Å². The van der Waals surface area contributed by atoms with Crippen LogP contribution in [0.15, 0.2) is 65.6 Å². The Morgan fingerprint density at radius 3 is 2.21 bits per heavy atom. The summed E-state index contributed by atoms with van der Waals surface area (Å²) in [6.45, 7) is -0.279. The van der Waals surface area contributed by atoms with Gasteiger partial charge in [-0.3, -0.25) is 4.31 Å². The van der Waals surface area contributed by atoms with Crippen LogP contribution in [0.4, 0.5) is 32.0 Å². The van der Waals surface area contributed by atoms with Crippen LogP contribution >= 0.6 is 11.6 Å². The van der Waals surface area contributed by atoms with Gasteiger partial charge in [0.15, 0.2) is 0 Å². The van der Waals surface area contributed by atoms with Crippen molar-refractivity contribution in [3.63, 3.8) is 0 Å². The predicted molar refractivity (Wildman–Crippen MR) is 113 cm³/mol. The van der Waals surface area contributed by atoms with Gasteiger partial charge in [-0.05, 0) is 59.7 Å². The Bertz CT molecular complexity index is 1360. The van der Waals surface area contributed by atoms with Crippen LogP contribution in [0.3, 0.4) is 0 Å². The molecule has 1 aliphatic rings. The van der Waals surface area contributed by atoms with Crippen molar-refractivity contribution < 1.29 is 39.5 Å². The van der Waals surface area contributed by atoms with E-state index in [1.807, 2.05) is 0 Å². The van der Waals surface area contributed by atoms with Gasteiger partial charge < -0.3 is 4.74 Å². The number of hydrogen-bond donors (Lipinski definition) is 0. The maximum atomic E-state index is 13.2. The van der Waals surface area contributed by atoms with Gasteiger partial charge in [-0.2, -0.15) is 26.3 Å². The first-order chi connectivity index (χ1) is 15.8. The summed E-state index contributed by atoms with van der Waals surface area (Å²) in [5, 5.41) is -0.174. The third-order valence-corrected chi connectivity index (χ3v) is 7.11. The Balaban J connectivity index is 1.81. The Morgan fingerprint density at radius 1 is 0.824 bits per heavy atom. The van der Waals surface area contributed by atoms with E-state index in [0.717, 1.165) is 34.6 Å². The molecule has 4 rings (SSSR count). The van der Waals surface area contributed by atoms with Crippen LogP contribution < -0.4 is 9.04 Å². The van der Waals surface area contributed by atoms with E-state index in [2.05, 4.69) is 0 Å². The second-order valence-electron chi connectivity index (χ2n) is 7.36. The summed E-state index contributed by atoms with van der Waals surface area (Å²) < 4.78 is 112. The molecule has 3 aromatic rings. The van der Waals surface area contributed by atoms with Gasteiger partial charge in [0.1, 0.15) is 12.4 Å². The highest BCUT2D eigenvalue weighted by Gasteiger charge is 2.35. The summed E-state index contributed by atoms with van der Waals surface area (Å²) >= 11 is 5.86. The van der Waals surface area contributed by atoms with Crippen molar-refractivity contribution in [2.24, 2.45) is 0 Å². The summed E-state index contributed by atoms with van der Waals surface area (Å²) in [4.78, 5) is -0.581. The molecule has 3 aromatic carbocycles. The van der Waals surface area contributed by atoms with Gasteiger partial charge in [-0.25, -0.2) is 8.42 Å². The number of ether oxygens (including phenoxy) is 1. The molecule has 0 aliphatic carbocycles. The smallest absolute Gasteiger partial charge is 0.416 e. The van der Waals surface area contributed by atoms with Crippen LogP contribution in [0.2, 0.25) is 5.02 Å².